The van der Waals surface area contributed by atoms with E-state index in [0.29, 0.717) is 19.4 Å². The van der Waals surface area contributed by atoms with Gasteiger partial charge in [0, 0.05) is 24.7 Å². The Labute approximate surface area is 146 Å². The number of hydrogen-bond donors (Lipinski definition) is 3. The zero-order chi connectivity index (χ0) is 18.0. The first kappa shape index (κ1) is 18.7. The Balaban J connectivity index is 1.61. The van der Waals surface area contributed by atoms with Crippen molar-refractivity contribution in [2.45, 2.75) is 68.9 Å². The van der Waals surface area contributed by atoms with E-state index >= 15 is 0 Å². The number of nitrogens with one attached hydrogen (secondary N) is 3. The van der Waals surface area contributed by atoms with Gasteiger partial charge in [-0.1, -0.05) is 6.58 Å². The molecule has 2 aliphatic heterocycles. The molecule has 0 aromatic carbocycles. The molecule has 1 saturated carbocycles. The summed E-state index contributed by atoms with van der Waals surface area (Å²) in [5.41, 5.74) is 3.48. The molecule has 1 amide bonds. The van der Waals surface area contributed by atoms with Crippen molar-refractivity contribution in [3.05, 3.63) is 12.7 Å². The maximum Gasteiger partial charge on any atom is 0.391 e. The maximum absolute atomic E-state index is 12.9. The molecule has 1 aliphatic carbocycles. The van der Waals surface area contributed by atoms with Gasteiger partial charge in [0.25, 0.3) is 0 Å². The Bertz CT molecular complexity index is 491. The summed E-state index contributed by atoms with van der Waals surface area (Å²) in [4.78, 5) is 11.4. The van der Waals surface area contributed by atoms with E-state index in [-0.39, 0.29) is 42.9 Å². The van der Waals surface area contributed by atoms with Crippen molar-refractivity contribution in [3.8, 4) is 0 Å². The first-order valence-corrected chi connectivity index (χ1v) is 9.15. The normalized spacial score (nSPS) is 36.7. The van der Waals surface area contributed by atoms with Crippen LogP contribution in [0.2, 0.25) is 0 Å². The summed E-state index contributed by atoms with van der Waals surface area (Å²) in [6.45, 7) is 4.87. The van der Waals surface area contributed by atoms with Crippen molar-refractivity contribution in [1.82, 2.24) is 21.1 Å². The lowest BCUT2D eigenvalue weighted by molar-refractivity contribution is -0.185. The molecule has 3 atom stereocenters. The molecule has 8 heteroatoms. The van der Waals surface area contributed by atoms with Crippen molar-refractivity contribution in [2.24, 2.45) is 5.92 Å². The summed E-state index contributed by atoms with van der Waals surface area (Å²) < 4.78 is 38.7. The second-order valence-electron chi connectivity index (χ2n) is 7.33. The number of carbonyl (C=O) groups is 1. The minimum absolute atomic E-state index is 0.0505. The number of hydrazine groups is 1. The van der Waals surface area contributed by atoms with Gasteiger partial charge in [0.2, 0.25) is 5.91 Å². The van der Waals surface area contributed by atoms with Crippen LogP contribution in [-0.4, -0.2) is 54.3 Å². The molecule has 0 aromatic rings. The lowest BCUT2D eigenvalue weighted by Crippen LogP contribution is -2.53. The molecule has 3 aliphatic rings. The highest BCUT2D eigenvalue weighted by atomic mass is 19.4. The lowest BCUT2D eigenvalue weighted by Gasteiger charge is -2.40. The number of rotatable bonds is 4. The third-order valence-electron chi connectivity index (χ3n) is 5.81. The average molecular weight is 360 g/mol. The second-order valence-corrected chi connectivity index (χ2v) is 7.33. The van der Waals surface area contributed by atoms with Gasteiger partial charge in [0.15, 0.2) is 0 Å². The molecular formula is C17H27F3N4O. The summed E-state index contributed by atoms with van der Waals surface area (Å²) >= 11 is 0. The number of amides is 1. The Kier molecular flexibility index (Phi) is 5.70. The average Bonchev–Trinajstić information content (AvgIpc) is 2.98. The standard InChI is InChI=1S/C17H27F3N4O/c1-2-15(25)22-10-13-16-14(4-3-9-21-16)24(23-13)12-7-5-11(6-8-12)17(18,19)20/h2,11-14,16,21,23H,1,3-10H2,(H,22,25). The molecule has 142 valence electrons. The van der Waals surface area contributed by atoms with Crippen LogP contribution in [0.1, 0.15) is 38.5 Å². The van der Waals surface area contributed by atoms with Crippen molar-refractivity contribution < 1.29 is 18.0 Å². The Hall–Kier alpha value is -1.12. The summed E-state index contributed by atoms with van der Waals surface area (Å²) in [5.74, 6) is -1.37. The first-order chi connectivity index (χ1) is 11.9. The fourth-order valence-corrected chi connectivity index (χ4v) is 4.50. The van der Waals surface area contributed by atoms with Crippen LogP contribution in [0.15, 0.2) is 12.7 Å². The summed E-state index contributed by atoms with van der Waals surface area (Å²) in [6.07, 6.45) is 0.786. The molecule has 3 N–H and O–H groups in total. The first-order valence-electron chi connectivity index (χ1n) is 9.15. The molecule has 5 nitrogen and oxygen atoms in total. The van der Waals surface area contributed by atoms with Crippen molar-refractivity contribution >= 4 is 5.91 Å². The van der Waals surface area contributed by atoms with E-state index in [4.69, 9.17) is 0 Å². The quantitative estimate of drug-likeness (QED) is 0.669. The SMILES string of the molecule is C=CC(=O)NCC1NN(C2CCC(C(F)(F)F)CC2)C2CCCNC12. The Morgan fingerprint density at radius 3 is 2.60 bits per heavy atom. The number of alkyl halides is 3. The summed E-state index contributed by atoms with van der Waals surface area (Å²) in [6, 6.07) is 0.659. The van der Waals surface area contributed by atoms with Gasteiger partial charge in [0.1, 0.15) is 0 Å². The van der Waals surface area contributed by atoms with Gasteiger partial charge in [-0.3, -0.25) is 4.79 Å². The van der Waals surface area contributed by atoms with Gasteiger partial charge in [-0.25, -0.2) is 10.4 Å². The minimum atomic E-state index is -4.07. The molecule has 3 unspecified atom stereocenters. The topological polar surface area (TPSA) is 56.4 Å². The Morgan fingerprint density at radius 2 is 1.96 bits per heavy atom. The largest absolute Gasteiger partial charge is 0.391 e. The van der Waals surface area contributed by atoms with Gasteiger partial charge in [-0.05, 0) is 51.1 Å². The van der Waals surface area contributed by atoms with Crippen LogP contribution >= 0.6 is 0 Å². The molecular weight excluding hydrogens is 333 g/mol. The lowest BCUT2D eigenvalue weighted by atomic mass is 9.84. The van der Waals surface area contributed by atoms with Crippen LogP contribution in [0.3, 0.4) is 0 Å². The van der Waals surface area contributed by atoms with Crippen molar-refractivity contribution in [1.29, 1.82) is 0 Å². The highest BCUT2D eigenvalue weighted by molar-refractivity contribution is 5.86. The fourth-order valence-electron chi connectivity index (χ4n) is 4.50. The highest BCUT2D eigenvalue weighted by Crippen LogP contribution is 2.40. The number of hydrogen-bond acceptors (Lipinski definition) is 4. The predicted molar refractivity (Wildman–Crippen MR) is 88.6 cm³/mol. The molecule has 0 radical (unpaired) electrons. The van der Waals surface area contributed by atoms with E-state index in [2.05, 4.69) is 27.6 Å². The van der Waals surface area contributed by atoms with Gasteiger partial charge in [0.05, 0.1) is 12.0 Å². The zero-order valence-electron chi connectivity index (χ0n) is 14.3. The summed E-state index contributed by atoms with van der Waals surface area (Å²) in [5, 5.41) is 8.53. The maximum atomic E-state index is 12.9. The molecule has 2 heterocycles. The molecule has 3 rings (SSSR count). The Morgan fingerprint density at radius 1 is 1.24 bits per heavy atom. The van der Waals surface area contributed by atoms with Crippen LogP contribution < -0.4 is 16.1 Å². The molecule has 2 saturated heterocycles. The van der Waals surface area contributed by atoms with E-state index in [1.165, 1.54) is 6.08 Å². The van der Waals surface area contributed by atoms with E-state index in [1.807, 2.05) is 0 Å². The van der Waals surface area contributed by atoms with Gasteiger partial charge in [-0.15, -0.1) is 0 Å². The number of piperidine rings is 1. The molecule has 3 fully saturated rings. The fraction of sp³-hybridized carbons (Fsp3) is 0.824. The number of fused-ring (bicyclic) bond motifs is 1. The monoisotopic (exact) mass is 360 g/mol. The number of nitrogens with zero attached hydrogens (tertiary/aromatic N) is 1. The summed E-state index contributed by atoms with van der Waals surface area (Å²) in [7, 11) is 0. The number of carbonyl (C=O) groups excluding carboxylic acids is 1. The van der Waals surface area contributed by atoms with E-state index in [1.54, 1.807) is 0 Å². The molecule has 0 aromatic heterocycles. The minimum Gasteiger partial charge on any atom is -0.351 e. The zero-order valence-corrected chi connectivity index (χ0v) is 14.3. The van der Waals surface area contributed by atoms with E-state index in [0.717, 1.165) is 19.4 Å². The smallest absolute Gasteiger partial charge is 0.351 e. The van der Waals surface area contributed by atoms with Gasteiger partial charge < -0.3 is 10.6 Å². The second kappa shape index (κ2) is 7.63. The van der Waals surface area contributed by atoms with E-state index in [9.17, 15) is 18.0 Å². The predicted octanol–water partition coefficient (Wildman–Crippen LogP) is 1.72. The molecule has 0 spiro atoms. The third kappa shape index (κ3) is 4.17. The van der Waals surface area contributed by atoms with Crippen LogP contribution in [-0.2, 0) is 4.79 Å². The van der Waals surface area contributed by atoms with Crippen LogP contribution in [0.4, 0.5) is 13.2 Å². The van der Waals surface area contributed by atoms with Gasteiger partial charge >= 0.3 is 6.18 Å². The van der Waals surface area contributed by atoms with E-state index < -0.39 is 12.1 Å². The third-order valence-corrected chi connectivity index (χ3v) is 5.81. The highest BCUT2D eigenvalue weighted by Gasteiger charge is 2.48. The molecule has 25 heavy (non-hydrogen) atoms. The van der Waals surface area contributed by atoms with Crippen LogP contribution in [0.5, 0.6) is 0 Å². The van der Waals surface area contributed by atoms with Crippen molar-refractivity contribution in [3.63, 3.8) is 0 Å². The number of halogens is 3. The van der Waals surface area contributed by atoms with Gasteiger partial charge in [-0.2, -0.15) is 13.2 Å². The van der Waals surface area contributed by atoms with Crippen molar-refractivity contribution in [2.75, 3.05) is 13.1 Å². The molecule has 0 bridgehead atoms. The van der Waals surface area contributed by atoms with Crippen LogP contribution in [0, 0.1) is 5.92 Å². The van der Waals surface area contributed by atoms with Crippen LogP contribution in [0.25, 0.3) is 0 Å².